The number of hydrogen-bond donors (Lipinski definition) is 1. The third kappa shape index (κ3) is 2.07. The molecular weight excluding hydrogens is 250 g/mol. The Morgan fingerprint density at radius 1 is 1.10 bits per heavy atom. The van der Waals surface area contributed by atoms with Crippen LogP contribution in [0.5, 0.6) is 0 Å². The van der Waals surface area contributed by atoms with Gasteiger partial charge in [0.1, 0.15) is 5.52 Å². The van der Waals surface area contributed by atoms with Crippen molar-refractivity contribution in [3.05, 3.63) is 42.3 Å². The van der Waals surface area contributed by atoms with E-state index < -0.39 is 0 Å². The average molecular weight is 267 g/mol. The molecule has 0 spiro atoms. The van der Waals surface area contributed by atoms with Gasteiger partial charge in [0.15, 0.2) is 5.58 Å². The summed E-state index contributed by atoms with van der Waals surface area (Å²) in [5, 5.41) is 5.74. The predicted octanol–water partition coefficient (Wildman–Crippen LogP) is 2.39. The molecule has 1 aromatic heterocycles. The van der Waals surface area contributed by atoms with Crippen LogP contribution in [0.2, 0.25) is 0 Å². The summed E-state index contributed by atoms with van der Waals surface area (Å²) in [5.74, 6) is 0.818. The van der Waals surface area contributed by atoms with E-state index in [4.69, 9.17) is 9.40 Å². The molecule has 4 heteroatoms. The van der Waals surface area contributed by atoms with Gasteiger partial charge in [0.05, 0.1) is 6.54 Å². The third-order valence-corrected chi connectivity index (χ3v) is 3.90. The molecule has 1 aliphatic heterocycles. The second-order valence-electron chi connectivity index (χ2n) is 5.27. The van der Waals surface area contributed by atoms with E-state index in [2.05, 4.69) is 34.5 Å². The van der Waals surface area contributed by atoms with Gasteiger partial charge >= 0.3 is 0 Å². The summed E-state index contributed by atoms with van der Waals surface area (Å²) in [6, 6.07) is 12.4. The van der Waals surface area contributed by atoms with Crippen LogP contribution in [0.15, 0.2) is 40.8 Å². The second-order valence-corrected chi connectivity index (χ2v) is 5.27. The largest absolute Gasteiger partial charge is 0.439 e. The average Bonchev–Trinajstić information content (AvgIpc) is 2.91. The fourth-order valence-corrected chi connectivity index (χ4v) is 2.84. The van der Waals surface area contributed by atoms with Crippen molar-refractivity contribution in [3.8, 4) is 0 Å². The van der Waals surface area contributed by atoms with Crippen molar-refractivity contribution in [2.75, 3.05) is 26.2 Å². The van der Waals surface area contributed by atoms with Gasteiger partial charge in [-0.2, -0.15) is 0 Å². The first kappa shape index (κ1) is 11.9. The Labute approximate surface area is 117 Å². The number of hydrogen-bond acceptors (Lipinski definition) is 4. The zero-order valence-corrected chi connectivity index (χ0v) is 11.3. The lowest BCUT2D eigenvalue weighted by molar-refractivity contribution is 0.214. The molecule has 102 valence electrons. The van der Waals surface area contributed by atoms with E-state index in [1.165, 1.54) is 10.8 Å². The maximum absolute atomic E-state index is 5.91. The summed E-state index contributed by atoms with van der Waals surface area (Å²) in [6.45, 7) is 5.00. The summed E-state index contributed by atoms with van der Waals surface area (Å²) in [4.78, 5) is 7.08. The zero-order valence-electron chi connectivity index (χ0n) is 11.3. The lowest BCUT2D eigenvalue weighted by Crippen LogP contribution is -2.42. The maximum Gasteiger partial charge on any atom is 0.209 e. The fourth-order valence-electron chi connectivity index (χ4n) is 2.84. The van der Waals surface area contributed by atoms with Gasteiger partial charge in [-0.1, -0.05) is 30.3 Å². The molecule has 0 unspecified atom stereocenters. The molecule has 0 aliphatic carbocycles. The number of nitrogens with one attached hydrogen (secondary N) is 1. The molecule has 4 nitrogen and oxygen atoms in total. The van der Waals surface area contributed by atoms with Crippen molar-refractivity contribution < 1.29 is 4.42 Å². The van der Waals surface area contributed by atoms with Crippen molar-refractivity contribution >= 4 is 21.9 Å². The number of benzene rings is 2. The highest BCUT2D eigenvalue weighted by atomic mass is 16.3. The Morgan fingerprint density at radius 3 is 2.85 bits per heavy atom. The van der Waals surface area contributed by atoms with E-state index in [0.717, 1.165) is 49.7 Å². The van der Waals surface area contributed by atoms with E-state index in [9.17, 15) is 0 Å². The van der Waals surface area contributed by atoms with Crippen LogP contribution in [0, 0.1) is 0 Å². The molecule has 0 amide bonds. The zero-order chi connectivity index (χ0) is 13.4. The molecule has 1 N–H and O–H groups in total. The summed E-state index contributed by atoms with van der Waals surface area (Å²) < 4.78 is 5.91. The van der Waals surface area contributed by atoms with Gasteiger partial charge in [0, 0.05) is 31.6 Å². The van der Waals surface area contributed by atoms with Crippen LogP contribution in [0.1, 0.15) is 5.89 Å². The van der Waals surface area contributed by atoms with Gasteiger partial charge in [-0.05, 0) is 11.5 Å². The molecule has 1 saturated heterocycles. The van der Waals surface area contributed by atoms with E-state index in [1.54, 1.807) is 0 Å². The van der Waals surface area contributed by atoms with Gasteiger partial charge in [-0.25, -0.2) is 4.98 Å². The normalized spacial score (nSPS) is 17.0. The van der Waals surface area contributed by atoms with Crippen molar-refractivity contribution in [3.63, 3.8) is 0 Å². The van der Waals surface area contributed by atoms with Gasteiger partial charge in [-0.15, -0.1) is 0 Å². The van der Waals surface area contributed by atoms with Crippen LogP contribution < -0.4 is 5.32 Å². The number of rotatable bonds is 2. The smallest absolute Gasteiger partial charge is 0.209 e. The molecule has 2 aromatic carbocycles. The number of nitrogens with zero attached hydrogens (tertiary/aromatic N) is 2. The molecule has 20 heavy (non-hydrogen) atoms. The SMILES string of the molecule is c1ccc2c(c1)ccc1oc(CN3CCNCC3)nc12. The summed E-state index contributed by atoms with van der Waals surface area (Å²) in [6.07, 6.45) is 0. The lowest BCUT2D eigenvalue weighted by atomic mass is 10.1. The Morgan fingerprint density at radius 2 is 1.95 bits per heavy atom. The third-order valence-electron chi connectivity index (χ3n) is 3.90. The van der Waals surface area contributed by atoms with Gasteiger partial charge in [-0.3, -0.25) is 4.90 Å². The van der Waals surface area contributed by atoms with Crippen molar-refractivity contribution in [1.82, 2.24) is 15.2 Å². The quantitative estimate of drug-likeness (QED) is 0.774. The Kier molecular flexibility index (Phi) is 2.90. The van der Waals surface area contributed by atoms with Crippen LogP contribution in [-0.4, -0.2) is 36.1 Å². The first-order valence-corrected chi connectivity index (χ1v) is 7.10. The monoisotopic (exact) mass is 267 g/mol. The topological polar surface area (TPSA) is 41.3 Å². The molecule has 0 saturated carbocycles. The van der Waals surface area contributed by atoms with Crippen LogP contribution in [0.25, 0.3) is 21.9 Å². The van der Waals surface area contributed by atoms with Gasteiger partial charge < -0.3 is 9.73 Å². The standard InChI is InChI=1S/C16H17N3O/c1-2-4-13-12(3-1)5-6-14-16(13)18-15(20-14)11-19-9-7-17-8-10-19/h1-6,17H,7-11H2. The van der Waals surface area contributed by atoms with Gasteiger partial charge in [0.2, 0.25) is 5.89 Å². The Hall–Kier alpha value is -1.91. The second kappa shape index (κ2) is 4.89. The summed E-state index contributed by atoms with van der Waals surface area (Å²) >= 11 is 0. The minimum Gasteiger partial charge on any atom is -0.439 e. The molecule has 2 heterocycles. The minimum absolute atomic E-state index is 0.796. The van der Waals surface area contributed by atoms with Crippen LogP contribution in [-0.2, 0) is 6.54 Å². The van der Waals surface area contributed by atoms with Gasteiger partial charge in [0.25, 0.3) is 0 Å². The van der Waals surface area contributed by atoms with E-state index in [-0.39, 0.29) is 0 Å². The number of piperazine rings is 1. The van der Waals surface area contributed by atoms with E-state index in [1.807, 2.05) is 12.1 Å². The molecule has 0 bridgehead atoms. The molecule has 3 aromatic rings. The van der Waals surface area contributed by atoms with Crippen molar-refractivity contribution in [2.45, 2.75) is 6.54 Å². The van der Waals surface area contributed by atoms with Crippen LogP contribution >= 0.6 is 0 Å². The predicted molar refractivity (Wildman–Crippen MR) is 79.7 cm³/mol. The minimum atomic E-state index is 0.796. The number of fused-ring (bicyclic) bond motifs is 3. The molecule has 0 radical (unpaired) electrons. The van der Waals surface area contributed by atoms with Crippen molar-refractivity contribution in [2.24, 2.45) is 0 Å². The molecule has 1 aliphatic rings. The van der Waals surface area contributed by atoms with Crippen LogP contribution in [0.4, 0.5) is 0 Å². The first-order chi connectivity index (χ1) is 9.90. The highest BCUT2D eigenvalue weighted by Gasteiger charge is 2.14. The maximum atomic E-state index is 5.91. The highest BCUT2D eigenvalue weighted by molar-refractivity contribution is 6.03. The van der Waals surface area contributed by atoms with Crippen LogP contribution in [0.3, 0.4) is 0 Å². The lowest BCUT2D eigenvalue weighted by Gasteiger charge is -2.25. The summed E-state index contributed by atoms with van der Waals surface area (Å²) in [7, 11) is 0. The molecule has 0 atom stereocenters. The molecule has 4 rings (SSSR count). The summed E-state index contributed by atoms with van der Waals surface area (Å²) in [5.41, 5.74) is 1.86. The first-order valence-electron chi connectivity index (χ1n) is 7.10. The van der Waals surface area contributed by atoms with Crippen molar-refractivity contribution in [1.29, 1.82) is 0 Å². The number of oxazole rings is 1. The molecular formula is C16H17N3O. The number of aromatic nitrogens is 1. The van der Waals surface area contributed by atoms with E-state index in [0.29, 0.717) is 0 Å². The molecule has 1 fully saturated rings. The van der Waals surface area contributed by atoms with E-state index >= 15 is 0 Å². The fraction of sp³-hybridized carbons (Fsp3) is 0.312. The Balaban J connectivity index is 1.72. The Bertz CT molecular complexity index is 744. The highest BCUT2D eigenvalue weighted by Crippen LogP contribution is 2.25.